The number of carbonyl (C=O) groups is 2. The van der Waals surface area contributed by atoms with Gasteiger partial charge < -0.3 is 14.8 Å². The van der Waals surface area contributed by atoms with E-state index < -0.39 is 11.9 Å². The molecule has 0 amide bonds. The van der Waals surface area contributed by atoms with Crippen LogP contribution in [0, 0.1) is 0 Å². The van der Waals surface area contributed by atoms with Gasteiger partial charge in [-0.3, -0.25) is 0 Å². The van der Waals surface area contributed by atoms with Crippen LogP contribution in [0.2, 0.25) is 0 Å². The maximum Gasteiger partial charge on any atom is 0.354 e. The van der Waals surface area contributed by atoms with E-state index in [-0.39, 0.29) is 5.70 Å². The predicted octanol–water partition coefficient (Wildman–Crippen LogP) is 3.70. The monoisotopic (exact) mass is 341 g/mol. The molecule has 0 unspecified atom stereocenters. The molecule has 0 bridgehead atoms. The van der Waals surface area contributed by atoms with Gasteiger partial charge in [0.25, 0.3) is 0 Å². The fourth-order valence-electron chi connectivity index (χ4n) is 2.39. The van der Waals surface area contributed by atoms with Gasteiger partial charge in [-0.25, -0.2) is 9.59 Å². The molecule has 0 spiro atoms. The molecule has 3 aromatic rings. The van der Waals surface area contributed by atoms with E-state index in [1.54, 1.807) is 11.3 Å². The van der Waals surface area contributed by atoms with Crippen molar-refractivity contribution in [3.63, 3.8) is 0 Å². The van der Waals surface area contributed by atoms with Crippen molar-refractivity contribution in [2.45, 2.75) is 0 Å². The maximum absolute atomic E-state index is 11.8. The Kier molecular flexibility index (Phi) is 4.48. The highest BCUT2D eigenvalue weighted by Gasteiger charge is 2.13. The summed E-state index contributed by atoms with van der Waals surface area (Å²) in [6.45, 7) is 0. The number of nitrogens with one attached hydrogen (secondary N) is 1. The Bertz CT molecular complexity index is 958. The third-order valence-electron chi connectivity index (χ3n) is 3.53. The number of hydrogen-bond donors (Lipinski definition) is 1. The SMILES string of the molecule is COC(=O)/C=C(/Nc1ccc2c(c1)sc1ccccc12)C(=O)OC. The van der Waals surface area contributed by atoms with Gasteiger partial charge in [0.05, 0.1) is 20.3 Å². The maximum atomic E-state index is 11.8. The number of ether oxygens (including phenoxy) is 2. The summed E-state index contributed by atoms with van der Waals surface area (Å²) in [6, 6.07) is 14.0. The van der Waals surface area contributed by atoms with Gasteiger partial charge in [0.2, 0.25) is 0 Å². The summed E-state index contributed by atoms with van der Waals surface area (Å²) in [5.41, 5.74) is 0.708. The highest BCUT2D eigenvalue weighted by atomic mass is 32.1. The molecule has 0 radical (unpaired) electrons. The normalized spacial score (nSPS) is 11.5. The summed E-state index contributed by atoms with van der Waals surface area (Å²) in [4.78, 5) is 23.2. The molecule has 1 N–H and O–H groups in total. The highest BCUT2D eigenvalue weighted by molar-refractivity contribution is 7.25. The average molecular weight is 341 g/mol. The number of esters is 2. The van der Waals surface area contributed by atoms with Crippen LogP contribution < -0.4 is 5.32 Å². The van der Waals surface area contributed by atoms with E-state index in [0.717, 1.165) is 16.2 Å². The lowest BCUT2D eigenvalue weighted by atomic mass is 10.1. The van der Waals surface area contributed by atoms with E-state index >= 15 is 0 Å². The topological polar surface area (TPSA) is 64.6 Å². The average Bonchev–Trinajstić information content (AvgIpc) is 2.98. The van der Waals surface area contributed by atoms with Crippen LogP contribution in [0.5, 0.6) is 0 Å². The zero-order chi connectivity index (χ0) is 17.1. The molecule has 0 atom stereocenters. The van der Waals surface area contributed by atoms with E-state index in [0.29, 0.717) is 5.69 Å². The lowest BCUT2D eigenvalue weighted by molar-refractivity contribution is -0.138. The second kappa shape index (κ2) is 6.72. The van der Waals surface area contributed by atoms with Gasteiger partial charge in [0.1, 0.15) is 5.70 Å². The zero-order valence-corrected chi connectivity index (χ0v) is 14.0. The van der Waals surface area contributed by atoms with Crippen molar-refractivity contribution in [2.24, 2.45) is 0 Å². The van der Waals surface area contributed by atoms with Crippen LogP contribution in [0.4, 0.5) is 5.69 Å². The minimum Gasteiger partial charge on any atom is -0.466 e. The number of carbonyl (C=O) groups excluding carboxylic acids is 2. The Morgan fingerprint density at radius 1 is 1.00 bits per heavy atom. The van der Waals surface area contributed by atoms with Gasteiger partial charge in [0.15, 0.2) is 0 Å². The van der Waals surface area contributed by atoms with E-state index in [9.17, 15) is 9.59 Å². The summed E-state index contributed by atoms with van der Waals surface area (Å²) >= 11 is 1.67. The minimum atomic E-state index is -0.642. The van der Waals surface area contributed by atoms with Gasteiger partial charge in [-0.05, 0) is 18.2 Å². The molecule has 122 valence electrons. The van der Waals surface area contributed by atoms with E-state index in [1.807, 2.05) is 30.3 Å². The number of anilines is 1. The molecule has 0 fully saturated rings. The standard InChI is InChI=1S/C18H15NO4S/c1-22-17(20)10-14(18(21)23-2)19-11-7-8-13-12-5-3-4-6-15(12)24-16(13)9-11/h3-10,19H,1-2H3/b14-10+. The van der Waals surface area contributed by atoms with Crippen LogP contribution in [0.25, 0.3) is 20.2 Å². The summed E-state index contributed by atoms with van der Waals surface area (Å²) in [6.07, 6.45) is 1.07. The van der Waals surface area contributed by atoms with Crippen molar-refractivity contribution in [3.8, 4) is 0 Å². The van der Waals surface area contributed by atoms with Gasteiger partial charge in [0, 0.05) is 25.9 Å². The van der Waals surface area contributed by atoms with Crippen LogP contribution in [-0.2, 0) is 19.1 Å². The fourth-order valence-corrected chi connectivity index (χ4v) is 3.54. The molecule has 24 heavy (non-hydrogen) atoms. The number of benzene rings is 2. The van der Waals surface area contributed by atoms with E-state index in [2.05, 4.69) is 22.2 Å². The van der Waals surface area contributed by atoms with Gasteiger partial charge in [-0.1, -0.05) is 24.3 Å². The zero-order valence-electron chi connectivity index (χ0n) is 13.2. The largest absolute Gasteiger partial charge is 0.466 e. The summed E-state index contributed by atoms with van der Waals surface area (Å²) in [5.74, 6) is -1.28. The Morgan fingerprint density at radius 2 is 1.75 bits per heavy atom. The first kappa shape index (κ1) is 16.0. The quantitative estimate of drug-likeness (QED) is 0.579. The van der Waals surface area contributed by atoms with Crippen molar-refractivity contribution in [1.82, 2.24) is 0 Å². The fraction of sp³-hybridized carbons (Fsp3) is 0.111. The molecule has 5 nitrogen and oxygen atoms in total. The number of thiophene rings is 1. The molecule has 0 saturated carbocycles. The molecule has 2 aromatic carbocycles. The first-order valence-electron chi connectivity index (χ1n) is 7.18. The molecule has 1 heterocycles. The third-order valence-corrected chi connectivity index (χ3v) is 4.66. The molecule has 1 aromatic heterocycles. The van der Waals surface area contributed by atoms with Crippen molar-refractivity contribution in [3.05, 3.63) is 54.2 Å². The first-order valence-corrected chi connectivity index (χ1v) is 8.00. The molecular formula is C18H15NO4S. The van der Waals surface area contributed by atoms with Crippen molar-refractivity contribution >= 4 is 49.1 Å². The second-order valence-electron chi connectivity index (χ2n) is 5.01. The molecule has 0 aliphatic heterocycles. The lowest BCUT2D eigenvalue weighted by Gasteiger charge is -2.09. The van der Waals surface area contributed by atoms with E-state index in [1.165, 1.54) is 24.3 Å². The number of hydrogen-bond acceptors (Lipinski definition) is 6. The highest BCUT2D eigenvalue weighted by Crippen LogP contribution is 2.35. The van der Waals surface area contributed by atoms with Gasteiger partial charge in [-0.15, -0.1) is 11.3 Å². The Hall–Kier alpha value is -2.86. The smallest absolute Gasteiger partial charge is 0.354 e. The summed E-state index contributed by atoms with van der Waals surface area (Å²) in [5, 5.41) is 5.27. The lowest BCUT2D eigenvalue weighted by Crippen LogP contribution is -2.15. The second-order valence-corrected chi connectivity index (χ2v) is 6.09. The Balaban J connectivity index is 1.99. The molecule has 0 aliphatic rings. The Morgan fingerprint density at radius 3 is 2.50 bits per heavy atom. The third kappa shape index (κ3) is 3.09. The number of rotatable bonds is 4. The van der Waals surface area contributed by atoms with Crippen LogP contribution in [0.15, 0.2) is 54.2 Å². The van der Waals surface area contributed by atoms with E-state index in [4.69, 9.17) is 4.74 Å². The van der Waals surface area contributed by atoms with Gasteiger partial charge >= 0.3 is 11.9 Å². The molecule has 6 heteroatoms. The first-order chi connectivity index (χ1) is 11.6. The van der Waals surface area contributed by atoms with Crippen LogP contribution in [-0.4, -0.2) is 26.2 Å². The Labute approximate surface area is 142 Å². The molecule has 0 saturated heterocycles. The number of methoxy groups -OCH3 is 2. The summed E-state index contributed by atoms with van der Waals surface area (Å²) in [7, 11) is 2.50. The minimum absolute atomic E-state index is 0.0183. The van der Waals surface area contributed by atoms with Crippen molar-refractivity contribution < 1.29 is 19.1 Å². The predicted molar refractivity (Wildman–Crippen MR) is 95.1 cm³/mol. The molecule has 3 rings (SSSR count). The molecule has 0 aliphatic carbocycles. The summed E-state index contributed by atoms with van der Waals surface area (Å²) < 4.78 is 11.5. The van der Waals surface area contributed by atoms with Crippen molar-refractivity contribution in [2.75, 3.05) is 19.5 Å². The molecular weight excluding hydrogens is 326 g/mol. The van der Waals surface area contributed by atoms with Crippen LogP contribution in [0.1, 0.15) is 0 Å². The van der Waals surface area contributed by atoms with Crippen molar-refractivity contribution in [1.29, 1.82) is 0 Å². The number of fused-ring (bicyclic) bond motifs is 3. The van der Waals surface area contributed by atoms with Crippen LogP contribution in [0.3, 0.4) is 0 Å². The van der Waals surface area contributed by atoms with Gasteiger partial charge in [-0.2, -0.15) is 0 Å². The van der Waals surface area contributed by atoms with Crippen LogP contribution >= 0.6 is 11.3 Å².